The van der Waals surface area contributed by atoms with Crippen LogP contribution in [0, 0.1) is 50.7 Å². The van der Waals surface area contributed by atoms with Crippen molar-refractivity contribution < 1.29 is 27.9 Å². The first-order chi connectivity index (χ1) is 23.0. The van der Waals surface area contributed by atoms with Crippen molar-refractivity contribution in [1.82, 2.24) is 14.8 Å². The van der Waals surface area contributed by atoms with Gasteiger partial charge in [-0.2, -0.15) is 0 Å². The molecule has 0 saturated carbocycles. The molecule has 2 atom stereocenters. The van der Waals surface area contributed by atoms with E-state index >= 15 is 4.39 Å². The van der Waals surface area contributed by atoms with Crippen LogP contribution in [0.15, 0.2) is 41.3 Å². The molecule has 1 unspecified atom stereocenters. The highest BCUT2D eigenvalue weighted by Gasteiger charge is 2.47. The Kier molecular flexibility index (Phi) is 11.8. The number of halogens is 3. The van der Waals surface area contributed by atoms with Crippen LogP contribution in [-0.2, 0) is 16.0 Å². The monoisotopic (exact) mass is 681 g/mol. The molecule has 2 heterocycles. The topological polar surface area (TPSA) is 91.6 Å². The van der Waals surface area contributed by atoms with Gasteiger partial charge in [0.25, 0.3) is 5.56 Å². The van der Waals surface area contributed by atoms with E-state index in [1.165, 1.54) is 22.8 Å². The number of carbonyl (C=O) groups excluding carboxylic acids is 1. The molecule has 1 fully saturated rings. The molecule has 2 aromatic carbocycles. The van der Waals surface area contributed by atoms with Gasteiger partial charge in [-0.3, -0.25) is 19.3 Å². The minimum Gasteiger partial charge on any atom is -0.481 e. The lowest BCUT2D eigenvalue weighted by Gasteiger charge is -2.38. The second kappa shape index (κ2) is 15.3. The van der Waals surface area contributed by atoms with Gasteiger partial charge >= 0.3 is 5.97 Å². The number of likely N-dealkylation sites (tertiary alicyclic amines) is 1. The number of hydrogen-bond donors (Lipinski definition) is 2. The fourth-order valence-electron chi connectivity index (χ4n) is 7.31. The van der Waals surface area contributed by atoms with E-state index in [1.807, 2.05) is 25.7 Å². The normalized spacial score (nSPS) is 15.3. The zero-order chi connectivity index (χ0) is 36.4. The van der Waals surface area contributed by atoms with Crippen LogP contribution in [0.3, 0.4) is 0 Å². The Balaban J connectivity index is 1.85. The zero-order valence-corrected chi connectivity index (χ0v) is 29.9. The van der Waals surface area contributed by atoms with Gasteiger partial charge in [-0.15, -0.1) is 0 Å². The van der Waals surface area contributed by atoms with Crippen molar-refractivity contribution in [1.29, 1.82) is 0 Å². The van der Waals surface area contributed by atoms with Crippen molar-refractivity contribution >= 4 is 11.9 Å². The van der Waals surface area contributed by atoms with E-state index in [-0.39, 0.29) is 41.9 Å². The van der Waals surface area contributed by atoms with Crippen molar-refractivity contribution in [2.24, 2.45) is 11.3 Å². The molecule has 7 nitrogen and oxygen atoms in total. The third-order valence-corrected chi connectivity index (χ3v) is 10.2. The summed E-state index contributed by atoms with van der Waals surface area (Å²) in [6.45, 7) is 15.5. The highest BCUT2D eigenvalue weighted by Crippen LogP contribution is 2.44. The summed E-state index contributed by atoms with van der Waals surface area (Å²) in [7, 11) is 0. The molecule has 1 aliphatic rings. The molecule has 1 aliphatic heterocycles. The van der Waals surface area contributed by atoms with Crippen LogP contribution in [0.5, 0.6) is 0 Å². The Labute approximate surface area is 287 Å². The predicted octanol–water partition coefficient (Wildman–Crippen LogP) is 7.56. The molecule has 49 heavy (non-hydrogen) atoms. The van der Waals surface area contributed by atoms with E-state index in [9.17, 15) is 28.3 Å². The van der Waals surface area contributed by atoms with Crippen LogP contribution in [0.4, 0.5) is 13.2 Å². The number of rotatable bonds is 14. The van der Waals surface area contributed by atoms with Crippen molar-refractivity contribution in [3.8, 4) is 11.1 Å². The van der Waals surface area contributed by atoms with Crippen LogP contribution in [-0.4, -0.2) is 52.3 Å². The summed E-state index contributed by atoms with van der Waals surface area (Å²) in [4.78, 5) is 43.1. The number of pyridine rings is 1. The molecule has 1 aromatic heterocycles. The lowest BCUT2D eigenvalue weighted by atomic mass is 9.71. The van der Waals surface area contributed by atoms with Crippen molar-refractivity contribution in [2.45, 2.75) is 99.3 Å². The van der Waals surface area contributed by atoms with E-state index in [0.29, 0.717) is 48.3 Å². The van der Waals surface area contributed by atoms with Gasteiger partial charge in [-0.1, -0.05) is 27.7 Å². The molecule has 266 valence electrons. The van der Waals surface area contributed by atoms with E-state index in [4.69, 9.17) is 0 Å². The Morgan fingerprint density at radius 2 is 1.57 bits per heavy atom. The number of amides is 1. The van der Waals surface area contributed by atoms with Crippen LogP contribution in [0.25, 0.3) is 11.1 Å². The zero-order valence-electron chi connectivity index (χ0n) is 29.9. The molecule has 3 aromatic rings. The number of aromatic nitrogens is 1. The van der Waals surface area contributed by atoms with Gasteiger partial charge in [-0.25, -0.2) is 13.2 Å². The second-order valence-electron chi connectivity index (χ2n) is 14.2. The number of nitrogens with one attached hydrogen (secondary N) is 1. The maximum absolute atomic E-state index is 16.3. The summed E-state index contributed by atoms with van der Waals surface area (Å²) in [5, 5.41) is 13.6. The van der Waals surface area contributed by atoms with Gasteiger partial charge in [0.15, 0.2) is 0 Å². The average Bonchev–Trinajstić information content (AvgIpc) is 2.99. The molecule has 1 saturated heterocycles. The number of nitrogens with zero attached hydrogens (tertiary/aromatic N) is 2. The first-order valence-corrected chi connectivity index (χ1v) is 17.2. The number of carboxylic acids is 1. The standard InChI is InChI=1S/C39H50F3N3O4/c1-9-39(10-2,38(48)49)36(31-18-28(14-26(8)35(31)42)34-24(6)15-29(40)16-25(34)7)43-37(47)32(13-22(3)4)45-19-27(23(5)17-33(45)46)11-12-44-20-30(41)21-44/h14-19,22,30,32,36H,9-13,20-21H2,1-8H3,(H,43,47)(H,48,49)/t32?,36-/m1/s1. The summed E-state index contributed by atoms with van der Waals surface area (Å²) < 4.78 is 45.4. The highest BCUT2D eigenvalue weighted by atomic mass is 19.1. The van der Waals surface area contributed by atoms with Gasteiger partial charge in [0.1, 0.15) is 23.8 Å². The third-order valence-electron chi connectivity index (χ3n) is 10.2. The van der Waals surface area contributed by atoms with E-state index in [0.717, 1.165) is 11.1 Å². The molecule has 0 aliphatic carbocycles. The van der Waals surface area contributed by atoms with Crippen LogP contribution in [0.2, 0.25) is 0 Å². The molecular weight excluding hydrogens is 631 g/mol. The van der Waals surface area contributed by atoms with Gasteiger partial charge in [0.2, 0.25) is 5.91 Å². The number of carboxylic acid groups (broad SMARTS) is 1. The van der Waals surface area contributed by atoms with Crippen molar-refractivity contribution in [2.75, 3.05) is 19.6 Å². The number of aryl methyl sites for hydroxylation is 4. The van der Waals surface area contributed by atoms with Gasteiger partial charge in [0, 0.05) is 37.5 Å². The third kappa shape index (κ3) is 7.95. The first kappa shape index (κ1) is 37.9. The second-order valence-corrected chi connectivity index (χ2v) is 14.2. The summed E-state index contributed by atoms with van der Waals surface area (Å²) in [6, 6.07) is 5.17. The Bertz CT molecular complexity index is 1740. The van der Waals surface area contributed by atoms with Gasteiger partial charge in [-0.05, 0) is 123 Å². The Morgan fingerprint density at radius 1 is 0.959 bits per heavy atom. The Hall–Kier alpha value is -3.92. The summed E-state index contributed by atoms with van der Waals surface area (Å²) in [5.74, 6) is -2.85. The fourth-order valence-corrected chi connectivity index (χ4v) is 7.31. The molecule has 1 amide bonds. The molecule has 10 heteroatoms. The SMILES string of the molecule is CCC(CC)(C(=O)O)[C@H](NC(=O)C(CC(C)C)n1cc(CCN2CC(F)C2)c(C)cc1=O)c1cc(-c2c(C)cc(F)cc2C)cc(C)c1F. The maximum Gasteiger partial charge on any atom is 0.312 e. The molecular formula is C39H50F3N3O4. The lowest BCUT2D eigenvalue weighted by molar-refractivity contribution is -0.152. The number of alkyl halides is 1. The average molecular weight is 682 g/mol. The molecule has 2 N–H and O–H groups in total. The smallest absolute Gasteiger partial charge is 0.312 e. The highest BCUT2D eigenvalue weighted by molar-refractivity contribution is 5.83. The molecule has 4 rings (SSSR count). The van der Waals surface area contributed by atoms with E-state index < -0.39 is 47.2 Å². The number of benzene rings is 2. The quantitative estimate of drug-likeness (QED) is 0.183. The molecule has 0 radical (unpaired) electrons. The minimum absolute atomic E-state index is 0.0125. The first-order valence-electron chi connectivity index (χ1n) is 17.2. The molecule has 0 bridgehead atoms. The number of hydrogen-bond acceptors (Lipinski definition) is 4. The van der Waals surface area contributed by atoms with Crippen molar-refractivity contribution in [3.05, 3.63) is 91.9 Å². The van der Waals surface area contributed by atoms with E-state index in [1.54, 1.807) is 52.9 Å². The fraction of sp³-hybridized carbons (Fsp3) is 0.513. The van der Waals surface area contributed by atoms with Crippen LogP contribution in [0.1, 0.15) is 92.4 Å². The minimum atomic E-state index is -1.59. The lowest BCUT2D eigenvalue weighted by Crippen LogP contribution is -2.49. The Morgan fingerprint density at radius 3 is 2.10 bits per heavy atom. The van der Waals surface area contributed by atoms with Gasteiger partial charge in [0.05, 0.1) is 11.5 Å². The van der Waals surface area contributed by atoms with E-state index in [2.05, 4.69) is 5.32 Å². The van der Waals surface area contributed by atoms with Gasteiger partial charge < -0.3 is 15.0 Å². The summed E-state index contributed by atoms with van der Waals surface area (Å²) in [6.07, 6.45) is 1.85. The predicted molar refractivity (Wildman–Crippen MR) is 187 cm³/mol. The van der Waals surface area contributed by atoms with Crippen LogP contribution < -0.4 is 10.9 Å². The molecule has 0 spiro atoms. The maximum atomic E-state index is 16.3. The summed E-state index contributed by atoms with van der Waals surface area (Å²) >= 11 is 0. The van der Waals surface area contributed by atoms with Crippen LogP contribution >= 0.6 is 0 Å². The number of aliphatic carboxylic acids is 1. The van der Waals surface area contributed by atoms with Crippen molar-refractivity contribution in [3.63, 3.8) is 0 Å². The number of carbonyl (C=O) groups is 2. The summed E-state index contributed by atoms with van der Waals surface area (Å²) in [5.41, 5.74) is 2.45. The largest absolute Gasteiger partial charge is 0.481 e.